The molecule has 2 unspecified atom stereocenters. The van der Waals surface area contributed by atoms with Crippen molar-refractivity contribution in [2.75, 3.05) is 26.2 Å². The molecule has 0 saturated carbocycles. The first-order valence-corrected chi connectivity index (χ1v) is 7.25. The normalized spacial score (nSPS) is 21.6. The summed E-state index contributed by atoms with van der Waals surface area (Å²) in [6.45, 7) is 1.45. The molecule has 1 amide bonds. The Balaban J connectivity index is 2.14. The average molecular weight is 278 g/mol. The molecule has 1 fully saturated rings. The van der Waals surface area contributed by atoms with E-state index in [1.165, 1.54) is 6.42 Å². The minimum absolute atomic E-state index is 0.00592. The number of methoxy groups -OCH3 is 1. The number of carbonyl (C=O) groups is 1. The Morgan fingerprint density at radius 2 is 2.39 bits per heavy atom. The van der Waals surface area contributed by atoms with E-state index in [0.717, 1.165) is 32.3 Å². The fourth-order valence-corrected chi connectivity index (χ4v) is 2.31. The van der Waals surface area contributed by atoms with Crippen molar-refractivity contribution < 1.29 is 14.3 Å². The molecular weight excluding hydrogens is 254 g/mol. The molecule has 1 heterocycles. The maximum atomic E-state index is 11.8. The molecule has 0 aromatic carbocycles. The molecule has 4 nitrogen and oxygen atoms in total. The SMILES string of the molecule is COCCC(CCl)NC(=O)CCC1CCCCO1. The summed E-state index contributed by atoms with van der Waals surface area (Å²) >= 11 is 5.80. The van der Waals surface area contributed by atoms with Crippen LogP contribution >= 0.6 is 11.6 Å². The van der Waals surface area contributed by atoms with E-state index in [1.807, 2.05) is 0 Å². The predicted octanol–water partition coefficient (Wildman–Crippen LogP) is 2.10. The highest BCUT2D eigenvalue weighted by Crippen LogP contribution is 2.16. The number of rotatable bonds is 8. The molecule has 1 saturated heterocycles. The van der Waals surface area contributed by atoms with Crippen LogP contribution in [0.25, 0.3) is 0 Å². The van der Waals surface area contributed by atoms with Crippen LogP contribution in [0.1, 0.15) is 38.5 Å². The van der Waals surface area contributed by atoms with E-state index in [-0.39, 0.29) is 18.1 Å². The van der Waals surface area contributed by atoms with Crippen molar-refractivity contribution in [3.63, 3.8) is 0 Å². The van der Waals surface area contributed by atoms with Gasteiger partial charge in [-0.25, -0.2) is 0 Å². The zero-order valence-corrected chi connectivity index (χ0v) is 11.9. The lowest BCUT2D eigenvalue weighted by molar-refractivity contribution is -0.122. The molecule has 106 valence electrons. The number of ether oxygens (including phenoxy) is 2. The summed E-state index contributed by atoms with van der Waals surface area (Å²) in [7, 11) is 1.65. The zero-order valence-electron chi connectivity index (χ0n) is 11.1. The van der Waals surface area contributed by atoms with Gasteiger partial charge < -0.3 is 14.8 Å². The molecule has 1 N–H and O–H groups in total. The molecule has 0 aliphatic carbocycles. The molecular formula is C13H24ClNO3. The van der Waals surface area contributed by atoms with Crippen LogP contribution < -0.4 is 5.32 Å². The third kappa shape index (κ3) is 6.57. The first-order chi connectivity index (χ1) is 8.76. The minimum Gasteiger partial charge on any atom is -0.385 e. The number of hydrogen-bond acceptors (Lipinski definition) is 3. The average Bonchev–Trinajstić information content (AvgIpc) is 2.42. The number of nitrogens with one attached hydrogen (secondary N) is 1. The highest BCUT2D eigenvalue weighted by atomic mass is 35.5. The van der Waals surface area contributed by atoms with Crippen molar-refractivity contribution in [1.29, 1.82) is 0 Å². The lowest BCUT2D eigenvalue weighted by atomic mass is 10.0. The second-order valence-electron chi connectivity index (χ2n) is 4.73. The van der Waals surface area contributed by atoms with E-state index in [2.05, 4.69) is 5.32 Å². The van der Waals surface area contributed by atoms with Crippen LogP contribution in [0, 0.1) is 0 Å². The summed E-state index contributed by atoms with van der Waals surface area (Å²) in [5.41, 5.74) is 0. The topological polar surface area (TPSA) is 47.6 Å². The Morgan fingerprint density at radius 3 is 3.00 bits per heavy atom. The van der Waals surface area contributed by atoms with Crippen LogP contribution in [0.4, 0.5) is 0 Å². The maximum Gasteiger partial charge on any atom is 0.220 e. The Morgan fingerprint density at radius 1 is 1.56 bits per heavy atom. The van der Waals surface area contributed by atoms with E-state index >= 15 is 0 Å². The Bertz CT molecular complexity index is 232. The lowest BCUT2D eigenvalue weighted by Gasteiger charge is -2.22. The maximum absolute atomic E-state index is 11.8. The largest absolute Gasteiger partial charge is 0.385 e. The first-order valence-electron chi connectivity index (χ1n) is 6.72. The quantitative estimate of drug-likeness (QED) is 0.691. The van der Waals surface area contributed by atoms with Gasteiger partial charge in [-0.15, -0.1) is 11.6 Å². The lowest BCUT2D eigenvalue weighted by Crippen LogP contribution is -2.37. The number of halogens is 1. The number of alkyl halides is 1. The van der Waals surface area contributed by atoms with Crippen LogP contribution in [0.2, 0.25) is 0 Å². The molecule has 1 rings (SSSR count). The van der Waals surface area contributed by atoms with E-state index in [0.29, 0.717) is 18.9 Å². The molecule has 18 heavy (non-hydrogen) atoms. The van der Waals surface area contributed by atoms with Crippen LogP contribution in [0.15, 0.2) is 0 Å². The molecule has 0 bridgehead atoms. The monoisotopic (exact) mass is 277 g/mol. The third-order valence-electron chi connectivity index (χ3n) is 3.19. The van der Waals surface area contributed by atoms with Crippen LogP contribution in [-0.2, 0) is 14.3 Å². The van der Waals surface area contributed by atoms with Gasteiger partial charge >= 0.3 is 0 Å². The molecule has 1 aliphatic rings. The summed E-state index contributed by atoms with van der Waals surface area (Å²) in [6, 6.07) is 0.00592. The predicted molar refractivity (Wildman–Crippen MR) is 72.0 cm³/mol. The van der Waals surface area contributed by atoms with Gasteiger partial charge in [0.2, 0.25) is 5.91 Å². The van der Waals surface area contributed by atoms with Gasteiger partial charge in [-0.1, -0.05) is 0 Å². The van der Waals surface area contributed by atoms with E-state index in [9.17, 15) is 4.79 Å². The van der Waals surface area contributed by atoms with Crippen molar-refractivity contribution in [1.82, 2.24) is 5.32 Å². The smallest absolute Gasteiger partial charge is 0.220 e. The van der Waals surface area contributed by atoms with Gasteiger partial charge in [-0.05, 0) is 32.1 Å². The molecule has 5 heteroatoms. The minimum atomic E-state index is 0.00592. The first kappa shape index (κ1) is 15.7. The van der Waals surface area contributed by atoms with Gasteiger partial charge in [0.15, 0.2) is 0 Å². The fraction of sp³-hybridized carbons (Fsp3) is 0.923. The zero-order chi connectivity index (χ0) is 13.2. The number of hydrogen-bond donors (Lipinski definition) is 1. The van der Waals surface area contributed by atoms with Gasteiger partial charge in [0.05, 0.1) is 6.10 Å². The highest BCUT2D eigenvalue weighted by molar-refractivity contribution is 6.18. The van der Waals surface area contributed by atoms with Gasteiger partial charge in [0.1, 0.15) is 0 Å². The Hall–Kier alpha value is -0.320. The summed E-state index contributed by atoms with van der Waals surface area (Å²) < 4.78 is 10.6. The Kier molecular flexibility index (Phi) is 8.38. The van der Waals surface area contributed by atoms with Crippen molar-refractivity contribution in [3.05, 3.63) is 0 Å². The van der Waals surface area contributed by atoms with Crippen molar-refractivity contribution in [2.45, 2.75) is 50.7 Å². The van der Waals surface area contributed by atoms with Crippen molar-refractivity contribution in [3.8, 4) is 0 Å². The highest BCUT2D eigenvalue weighted by Gasteiger charge is 2.16. The van der Waals surface area contributed by atoms with Crippen LogP contribution in [0.5, 0.6) is 0 Å². The molecule has 0 radical (unpaired) electrons. The standard InChI is InChI=1S/C13H24ClNO3/c1-17-9-7-11(10-14)15-13(16)6-5-12-4-2-3-8-18-12/h11-12H,2-10H2,1H3,(H,15,16). The van der Waals surface area contributed by atoms with E-state index in [4.69, 9.17) is 21.1 Å². The third-order valence-corrected chi connectivity index (χ3v) is 3.56. The number of carbonyl (C=O) groups excluding carboxylic acids is 1. The summed E-state index contributed by atoms with van der Waals surface area (Å²) in [5, 5.41) is 2.93. The second-order valence-corrected chi connectivity index (χ2v) is 5.04. The van der Waals surface area contributed by atoms with Gasteiger partial charge in [0, 0.05) is 38.7 Å². The molecule has 2 atom stereocenters. The Labute approximate surface area is 114 Å². The number of amides is 1. The molecule has 0 spiro atoms. The van der Waals surface area contributed by atoms with Crippen LogP contribution in [-0.4, -0.2) is 44.3 Å². The second kappa shape index (κ2) is 9.59. The molecule has 0 aromatic rings. The van der Waals surface area contributed by atoms with Crippen LogP contribution in [0.3, 0.4) is 0 Å². The summed E-state index contributed by atoms with van der Waals surface area (Å²) in [5.74, 6) is 0.487. The van der Waals surface area contributed by atoms with Gasteiger partial charge in [-0.2, -0.15) is 0 Å². The fourth-order valence-electron chi connectivity index (χ4n) is 2.08. The molecule has 1 aliphatic heterocycles. The van der Waals surface area contributed by atoms with Crippen molar-refractivity contribution >= 4 is 17.5 Å². The van der Waals surface area contributed by atoms with Gasteiger partial charge in [-0.3, -0.25) is 4.79 Å². The van der Waals surface area contributed by atoms with Crippen molar-refractivity contribution in [2.24, 2.45) is 0 Å². The van der Waals surface area contributed by atoms with Gasteiger partial charge in [0.25, 0.3) is 0 Å². The van der Waals surface area contributed by atoms with E-state index in [1.54, 1.807) is 7.11 Å². The van der Waals surface area contributed by atoms with E-state index < -0.39 is 0 Å². The summed E-state index contributed by atoms with van der Waals surface area (Å²) in [6.07, 6.45) is 5.79. The molecule has 0 aromatic heterocycles. The summed E-state index contributed by atoms with van der Waals surface area (Å²) in [4.78, 5) is 11.8.